The summed E-state index contributed by atoms with van der Waals surface area (Å²) in [5.41, 5.74) is 0. The minimum absolute atomic E-state index is 0.0636. The highest BCUT2D eigenvalue weighted by molar-refractivity contribution is 5.71. The van der Waals surface area contributed by atoms with Crippen LogP contribution in [0, 0.1) is 11.8 Å². The van der Waals surface area contributed by atoms with Crippen molar-refractivity contribution in [3.63, 3.8) is 0 Å². The standard InChI is InChI=1S/C56H108O6/c1-6-7-8-9-10-11-12-13-14-15-16-17-18-19-20-26-31-36-41-46-54(57)60-49-53(50-61-55(58)47-42-37-32-28-23-25-30-35-40-45-52(4)5)62-56(59)48-43-38-33-27-22-21-24-29-34-39-44-51(2)3/h51-53H,6-50H2,1-5H3/t53-/m1/s1. The summed E-state index contributed by atoms with van der Waals surface area (Å²) in [7, 11) is 0. The highest BCUT2D eigenvalue weighted by Gasteiger charge is 2.19. The number of carbonyl (C=O) groups is 3. The van der Waals surface area contributed by atoms with E-state index < -0.39 is 6.10 Å². The van der Waals surface area contributed by atoms with Crippen LogP contribution >= 0.6 is 0 Å². The van der Waals surface area contributed by atoms with E-state index in [0.29, 0.717) is 19.3 Å². The molecule has 0 aliphatic rings. The van der Waals surface area contributed by atoms with Crippen LogP contribution in [0.2, 0.25) is 0 Å². The molecule has 0 bridgehead atoms. The van der Waals surface area contributed by atoms with E-state index in [1.54, 1.807) is 0 Å². The first-order valence-electron chi connectivity index (χ1n) is 27.7. The van der Waals surface area contributed by atoms with Crippen molar-refractivity contribution in [3.05, 3.63) is 0 Å². The third-order valence-electron chi connectivity index (χ3n) is 12.7. The fourth-order valence-corrected chi connectivity index (χ4v) is 8.52. The number of carbonyl (C=O) groups excluding carboxylic acids is 3. The first-order valence-corrected chi connectivity index (χ1v) is 27.7. The molecule has 6 heteroatoms. The van der Waals surface area contributed by atoms with E-state index in [9.17, 15) is 14.4 Å². The number of unbranched alkanes of at least 4 members (excludes halogenated alkanes) is 35. The van der Waals surface area contributed by atoms with Crippen molar-refractivity contribution >= 4 is 17.9 Å². The summed E-state index contributed by atoms with van der Waals surface area (Å²) in [5, 5.41) is 0. The van der Waals surface area contributed by atoms with E-state index in [-0.39, 0.29) is 31.1 Å². The number of ether oxygens (including phenoxy) is 3. The molecule has 0 heterocycles. The summed E-state index contributed by atoms with van der Waals surface area (Å²) in [6, 6.07) is 0. The number of hydrogen-bond acceptors (Lipinski definition) is 6. The Morgan fingerprint density at radius 1 is 0.306 bits per heavy atom. The lowest BCUT2D eigenvalue weighted by Gasteiger charge is -2.18. The van der Waals surface area contributed by atoms with Gasteiger partial charge in [-0.3, -0.25) is 14.4 Å². The zero-order valence-corrected chi connectivity index (χ0v) is 42.5. The largest absolute Gasteiger partial charge is 0.462 e. The van der Waals surface area contributed by atoms with Gasteiger partial charge in [0.15, 0.2) is 6.10 Å². The Morgan fingerprint density at radius 2 is 0.532 bits per heavy atom. The quantitative estimate of drug-likeness (QED) is 0.0344. The molecule has 0 aromatic heterocycles. The van der Waals surface area contributed by atoms with Crippen molar-refractivity contribution in [2.24, 2.45) is 11.8 Å². The van der Waals surface area contributed by atoms with Crippen molar-refractivity contribution in [3.8, 4) is 0 Å². The smallest absolute Gasteiger partial charge is 0.306 e. The molecule has 0 rings (SSSR count). The highest BCUT2D eigenvalue weighted by Crippen LogP contribution is 2.18. The van der Waals surface area contributed by atoms with Gasteiger partial charge in [-0.15, -0.1) is 0 Å². The molecule has 0 spiro atoms. The molecule has 0 fully saturated rings. The van der Waals surface area contributed by atoms with Crippen LogP contribution in [-0.4, -0.2) is 37.2 Å². The minimum atomic E-state index is -0.762. The van der Waals surface area contributed by atoms with Crippen molar-refractivity contribution in [2.45, 2.75) is 317 Å². The first kappa shape index (κ1) is 60.4. The normalized spacial score (nSPS) is 12.0. The van der Waals surface area contributed by atoms with Crippen LogP contribution in [0.15, 0.2) is 0 Å². The summed E-state index contributed by atoms with van der Waals surface area (Å²) in [4.78, 5) is 38.0. The predicted octanol–water partition coefficient (Wildman–Crippen LogP) is 18.1. The van der Waals surface area contributed by atoms with E-state index >= 15 is 0 Å². The van der Waals surface area contributed by atoms with Gasteiger partial charge in [0.25, 0.3) is 0 Å². The van der Waals surface area contributed by atoms with Gasteiger partial charge in [0.1, 0.15) is 13.2 Å². The molecular formula is C56H108O6. The Kier molecular flexibility index (Phi) is 47.6. The number of rotatable bonds is 50. The van der Waals surface area contributed by atoms with Gasteiger partial charge in [-0.2, -0.15) is 0 Å². The maximum absolute atomic E-state index is 12.8. The van der Waals surface area contributed by atoms with Gasteiger partial charge in [-0.25, -0.2) is 0 Å². The monoisotopic (exact) mass is 877 g/mol. The Morgan fingerprint density at radius 3 is 0.790 bits per heavy atom. The van der Waals surface area contributed by atoms with Gasteiger partial charge in [-0.1, -0.05) is 272 Å². The molecule has 0 radical (unpaired) electrons. The molecule has 0 aromatic rings. The Bertz CT molecular complexity index is 947. The lowest BCUT2D eigenvalue weighted by Crippen LogP contribution is -2.30. The van der Waals surface area contributed by atoms with E-state index in [0.717, 1.165) is 69.6 Å². The second-order valence-corrected chi connectivity index (χ2v) is 20.2. The van der Waals surface area contributed by atoms with Crippen LogP contribution in [0.1, 0.15) is 311 Å². The summed E-state index contributed by atoms with van der Waals surface area (Å²) in [5.74, 6) is 0.779. The molecule has 0 aliphatic heterocycles. The Labute approximate surface area is 387 Å². The first-order chi connectivity index (χ1) is 30.2. The molecule has 0 saturated heterocycles. The van der Waals surface area contributed by atoms with E-state index in [2.05, 4.69) is 34.6 Å². The van der Waals surface area contributed by atoms with Crippen molar-refractivity contribution in [1.82, 2.24) is 0 Å². The highest BCUT2D eigenvalue weighted by atomic mass is 16.6. The molecule has 0 aliphatic carbocycles. The molecule has 0 unspecified atom stereocenters. The summed E-state index contributed by atoms with van der Waals surface area (Å²) >= 11 is 0. The van der Waals surface area contributed by atoms with Gasteiger partial charge in [0.05, 0.1) is 0 Å². The molecular weight excluding hydrogens is 769 g/mol. The van der Waals surface area contributed by atoms with Crippen LogP contribution < -0.4 is 0 Å². The maximum atomic E-state index is 12.8. The van der Waals surface area contributed by atoms with Gasteiger partial charge < -0.3 is 14.2 Å². The average Bonchev–Trinajstić information content (AvgIpc) is 3.24. The molecule has 0 N–H and O–H groups in total. The van der Waals surface area contributed by atoms with Crippen LogP contribution in [0.3, 0.4) is 0 Å². The zero-order valence-electron chi connectivity index (χ0n) is 42.5. The van der Waals surface area contributed by atoms with Crippen molar-refractivity contribution in [2.75, 3.05) is 13.2 Å². The van der Waals surface area contributed by atoms with Gasteiger partial charge in [0, 0.05) is 19.3 Å². The van der Waals surface area contributed by atoms with E-state index in [1.807, 2.05) is 0 Å². The second-order valence-electron chi connectivity index (χ2n) is 20.2. The number of esters is 3. The lowest BCUT2D eigenvalue weighted by atomic mass is 10.0. The van der Waals surface area contributed by atoms with Crippen molar-refractivity contribution < 1.29 is 28.6 Å². The fraction of sp³-hybridized carbons (Fsp3) is 0.946. The van der Waals surface area contributed by atoms with E-state index in [4.69, 9.17) is 14.2 Å². The number of hydrogen-bond donors (Lipinski definition) is 0. The average molecular weight is 877 g/mol. The van der Waals surface area contributed by atoms with Crippen LogP contribution in [0.5, 0.6) is 0 Å². The molecule has 62 heavy (non-hydrogen) atoms. The lowest BCUT2D eigenvalue weighted by molar-refractivity contribution is -0.167. The van der Waals surface area contributed by atoms with Gasteiger partial charge in [0.2, 0.25) is 0 Å². The molecule has 0 amide bonds. The molecule has 6 nitrogen and oxygen atoms in total. The minimum Gasteiger partial charge on any atom is -0.462 e. The fourth-order valence-electron chi connectivity index (χ4n) is 8.52. The Hall–Kier alpha value is -1.59. The SMILES string of the molecule is CCCCCCCCCCCCCCCCCCCCCC(=O)OC[C@H](COC(=O)CCCCCCCCCCCC(C)C)OC(=O)CCCCCCCCCCCCC(C)C. The molecule has 0 aromatic carbocycles. The third-order valence-corrected chi connectivity index (χ3v) is 12.7. The second kappa shape index (κ2) is 48.9. The van der Waals surface area contributed by atoms with Crippen LogP contribution in [0.25, 0.3) is 0 Å². The predicted molar refractivity (Wildman–Crippen MR) is 266 cm³/mol. The third kappa shape index (κ3) is 49.4. The van der Waals surface area contributed by atoms with Crippen LogP contribution in [0.4, 0.5) is 0 Å². The summed E-state index contributed by atoms with van der Waals surface area (Å²) in [6.45, 7) is 11.4. The maximum Gasteiger partial charge on any atom is 0.306 e. The molecule has 0 saturated carbocycles. The summed E-state index contributed by atoms with van der Waals surface area (Å²) in [6.07, 6.45) is 51.0. The van der Waals surface area contributed by atoms with E-state index in [1.165, 1.54) is 199 Å². The molecule has 1 atom stereocenters. The Balaban J connectivity index is 4.26. The van der Waals surface area contributed by atoms with Crippen molar-refractivity contribution in [1.29, 1.82) is 0 Å². The topological polar surface area (TPSA) is 78.9 Å². The van der Waals surface area contributed by atoms with Gasteiger partial charge >= 0.3 is 17.9 Å². The zero-order chi connectivity index (χ0) is 45.4. The van der Waals surface area contributed by atoms with Crippen LogP contribution in [-0.2, 0) is 28.6 Å². The van der Waals surface area contributed by atoms with Gasteiger partial charge in [-0.05, 0) is 31.1 Å². The summed E-state index contributed by atoms with van der Waals surface area (Å²) < 4.78 is 16.8. The molecule has 368 valence electrons.